The van der Waals surface area contributed by atoms with E-state index in [0.29, 0.717) is 17.9 Å². The van der Waals surface area contributed by atoms with Crippen LogP contribution in [-0.2, 0) is 11.3 Å². The molecule has 1 N–H and O–H groups in total. The number of benzene rings is 1. The van der Waals surface area contributed by atoms with Crippen molar-refractivity contribution in [3.05, 3.63) is 29.3 Å². The molecular weight excluding hydrogens is 254 g/mol. The Morgan fingerprint density at radius 2 is 2.35 bits per heavy atom. The Morgan fingerprint density at radius 3 is 3.05 bits per heavy atom. The summed E-state index contributed by atoms with van der Waals surface area (Å²) in [5.74, 6) is 0.671. The molecule has 20 heavy (non-hydrogen) atoms. The van der Waals surface area contributed by atoms with Crippen LogP contribution >= 0.6 is 0 Å². The minimum atomic E-state index is -0.141. The second-order valence-electron chi connectivity index (χ2n) is 4.94. The van der Waals surface area contributed by atoms with Gasteiger partial charge in [0.15, 0.2) is 0 Å². The number of nitrogens with zero attached hydrogens (tertiary/aromatic N) is 2. The van der Waals surface area contributed by atoms with Crippen molar-refractivity contribution in [2.45, 2.75) is 25.9 Å². The lowest BCUT2D eigenvalue weighted by molar-refractivity contribution is -0.132. The van der Waals surface area contributed by atoms with Crippen molar-refractivity contribution in [2.24, 2.45) is 0 Å². The molecule has 1 aromatic carbocycles. The Hall–Kier alpha value is -2.06. The molecule has 1 aliphatic rings. The topological polar surface area (TPSA) is 65.4 Å². The third-order valence-electron chi connectivity index (χ3n) is 3.50. The maximum absolute atomic E-state index is 12.2. The summed E-state index contributed by atoms with van der Waals surface area (Å²) in [6, 6.07) is 7.38. The number of nitrogens with one attached hydrogen (secondary N) is 1. The average molecular weight is 273 g/mol. The Kier molecular flexibility index (Phi) is 4.59. The number of hydrogen-bond acceptors (Lipinski definition) is 4. The van der Waals surface area contributed by atoms with Gasteiger partial charge in [0.05, 0.1) is 18.7 Å². The van der Waals surface area contributed by atoms with Gasteiger partial charge in [-0.2, -0.15) is 5.26 Å². The molecule has 5 nitrogen and oxygen atoms in total. The molecule has 1 atom stereocenters. The van der Waals surface area contributed by atoms with Gasteiger partial charge < -0.3 is 15.0 Å². The van der Waals surface area contributed by atoms with Crippen LogP contribution in [-0.4, -0.2) is 37.0 Å². The molecule has 1 unspecified atom stereocenters. The molecule has 1 aromatic rings. The molecule has 1 aliphatic heterocycles. The number of amides is 1. The van der Waals surface area contributed by atoms with E-state index in [4.69, 9.17) is 10.00 Å². The van der Waals surface area contributed by atoms with Gasteiger partial charge >= 0.3 is 0 Å². The number of ether oxygens (including phenoxy) is 1. The lowest BCUT2D eigenvalue weighted by Gasteiger charge is -2.23. The van der Waals surface area contributed by atoms with E-state index < -0.39 is 0 Å². The van der Waals surface area contributed by atoms with E-state index in [2.05, 4.69) is 11.4 Å². The van der Waals surface area contributed by atoms with Gasteiger partial charge in [-0.25, -0.2) is 0 Å². The van der Waals surface area contributed by atoms with Gasteiger partial charge in [-0.05, 0) is 37.6 Å². The molecule has 2 rings (SSSR count). The summed E-state index contributed by atoms with van der Waals surface area (Å²) >= 11 is 0. The van der Waals surface area contributed by atoms with E-state index in [9.17, 15) is 4.79 Å². The summed E-state index contributed by atoms with van der Waals surface area (Å²) in [7, 11) is 1.54. The van der Waals surface area contributed by atoms with Crippen LogP contribution in [0, 0.1) is 11.3 Å². The smallest absolute Gasteiger partial charge is 0.239 e. The molecule has 1 amide bonds. The summed E-state index contributed by atoms with van der Waals surface area (Å²) in [5, 5.41) is 12.2. The first kappa shape index (κ1) is 14.4. The quantitative estimate of drug-likeness (QED) is 0.901. The zero-order valence-corrected chi connectivity index (χ0v) is 11.8. The molecule has 0 spiro atoms. The first-order valence-corrected chi connectivity index (χ1v) is 6.75. The number of hydrogen-bond donors (Lipinski definition) is 1. The normalized spacial score (nSPS) is 19.4. The Bertz CT molecular complexity index is 536. The van der Waals surface area contributed by atoms with Crippen molar-refractivity contribution in [3.8, 4) is 11.8 Å². The molecule has 0 radical (unpaired) electrons. The van der Waals surface area contributed by atoms with Gasteiger partial charge in [0, 0.05) is 13.1 Å². The second-order valence-corrected chi connectivity index (χ2v) is 4.94. The van der Waals surface area contributed by atoms with Crippen molar-refractivity contribution in [3.63, 3.8) is 0 Å². The number of rotatable bonds is 3. The molecule has 1 saturated heterocycles. The summed E-state index contributed by atoms with van der Waals surface area (Å²) in [4.78, 5) is 14.1. The van der Waals surface area contributed by atoms with Gasteiger partial charge in [0.2, 0.25) is 5.91 Å². The van der Waals surface area contributed by atoms with Gasteiger partial charge in [-0.3, -0.25) is 4.79 Å². The first-order chi connectivity index (χ1) is 9.65. The van der Waals surface area contributed by atoms with Crippen LogP contribution < -0.4 is 10.1 Å². The average Bonchev–Trinajstić information content (AvgIpc) is 2.62. The van der Waals surface area contributed by atoms with Crippen LogP contribution in [0.5, 0.6) is 5.75 Å². The monoisotopic (exact) mass is 273 g/mol. The van der Waals surface area contributed by atoms with Crippen LogP contribution in [0.1, 0.15) is 24.5 Å². The fourth-order valence-corrected chi connectivity index (χ4v) is 2.36. The molecule has 0 bridgehead atoms. The van der Waals surface area contributed by atoms with Crippen molar-refractivity contribution < 1.29 is 9.53 Å². The number of methoxy groups -OCH3 is 1. The molecule has 0 aliphatic carbocycles. The standard InChI is InChI=1S/C15H19N3O2/c1-11-15(19)18(7-3-6-17-11)10-12-4-5-13(9-16)14(8-12)20-2/h4-5,8,11,17H,3,6-7,10H2,1-2H3. The highest BCUT2D eigenvalue weighted by Gasteiger charge is 2.23. The zero-order chi connectivity index (χ0) is 14.5. The largest absolute Gasteiger partial charge is 0.495 e. The van der Waals surface area contributed by atoms with Crippen LogP contribution in [0.3, 0.4) is 0 Å². The fourth-order valence-electron chi connectivity index (χ4n) is 2.36. The van der Waals surface area contributed by atoms with Crippen molar-refractivity contribution in [1.29, 1.82) is 5.26 Å². The third kappa shape index (κ3) is 3.09. The number of carbonyl (C=O) groups is 1. The molecular formula is C15H19N3O2. The SMILES string of the molecule is COc1cc(CN2CCCNC(C)C2=O)ccc1C#N. The van der Waals surface area contributed by atoms with E-state index in [1.165, 1.54) is 0 Å². The van der Waals surface area contributed by atoms with E-state index in [1.807, 2.05) is 24.0 Å². The third-order valence-corrected chi connectivity index (χ3v) is 3.50. The van der Waals surface area contributed by atoms with Crippen molar-refractivity contribution >= 4 is 5.91 Å². The minimum Gasteiger partial charge on any atom is -0.495 e. The predicted octanol–water partition coefficient (Wildman–Crippen LogP) is 1.28. The highest BCUT2D eigenvalue weighted by Crippen LogP contribution is 2.20. The summed E-state index contributed by atoms with van der Waals surface area (Å²) in [6.07, 6.45) is 0.948. The molecule has 0 aromatic heterocycles. The Balaban J connectivity index is 2.16. The van der Waals surface area contributed by atoms with Gasteiger partial charge in [0.25, 0.3) is 0 Å². The minimum absolute atomic E-state index is 0.117. The van der Waals surface area contributed by atoms with E-state index >= 15 is 0 Å². The van der Waals surface area contributed by atoms with Crippen LogP contribution in [0.4, 0.5) is 0 Å². The van der Waals surface area contributed by atoms with E-state index in [-0.39, 0.29) is 11.9 Å². The maximum Gasteiger partial charge on any atom is 0.239 e. The maximum atomic E-state index is 12.2. The summed E-state index contributed by atoms with van der Waals surface area (Å²) < 4.78 is 5.20. The van der Waals surface area contributed by atoms with Crippen LogP contribution in [0.25, 0.3) is 0 Å². The lowest BCUT2D eigenvalue weighted by atomic mass is 10.1. The first-order valence-electron chi connectivity index (χ1n) is 6.75. The second kappa shape index (κ2) is 6.40. The molecule has 5 heteroatoms. The lowest BCUT2D eigenvalue weighted by Crippen LogP contribution is -2.41. The number of carbonyl (C=O) groups excluding carboxylic acids is 1. The van der Waals surface area contributed by atoms with Crippen LogP contribution in [0.15, 0.2) is 18.2 Å². The Morgan fingerprint density at radius 1 is 1.55 bits per heavy atom. The highest BCUT2D eigenvalue weighted by atomic mass is 16.5. The van der Waals surface area contributed by atoms with Gasteiger partial charge in [-0.15, -0.1) is 0 Å². The van der Waals surface area contributed by atoms with Crippen LogP contribution in [0.2, 0.25) is 0 Å². The Labute approximate surface area is 119 Å². The fraction of sp³-hybridized carbons (Fsp3) is 0.467. The molecule has 106 valence electrons. The molecule has 1 fully saturated rings. The van der Waals surface area contributed by atoms with E-state index in [1.54, 1.807) is 13.2 Å². The van der Waals surface area contributed by atoms with E-state index in [0.717, 1.165) is 25.1 Å². The predicted molar refractivity (Wildman–Crippen MR) is 75.2 cm³/mol. The summed E-state index contributed by atoms with van der Waals surface area (Å²) in [5.41, 5.74) is 1.48. The highest BCUT2D eigenvalue weighted by molar-refractivity contribution is 5.81. The molecule has 0 saturated carbocycles. The number of nitriles is 1. The molecule has 1 heterocycles. The van der Waals surface area contributed by atoms with Gasteiger partial charge in [-0.1, -0.05) is 6.07 Å². The summed E-state index contributed by atoms with van der Waals surface area (Å²) in [6.45, 7) is 4.05. The zero-order valence-electron chi connectivity index (χ0n) is 11.8. The van der Waals surface area contributed by atoms with Crippen molar-refractivity contribution in [1.82, 2.24) is 10.2 Å². The van der Waals surface area contributed by atoms with Crippen molar-refractivity contribution in [2.75, 3.05) is 20.2 Å². The van der Waals surface area contributed by atoms with Gasteiger partial charge in [0.1, 0.15) is 11.8 Å².